The van der Waals surface area contributed by atoms with E-state index in [0.29, 0.717) is 12.5 Å². The highest BCUT2D eigenvalue weighted by Crippen LogP contribution is 2.28. The smallest absolute Gasteiger partial charge is 0.315 e. The minimum absolute atomic E-state index is 0.0283. The number of thiophene rings is 1. The lowest BCUT2D eigenvalue weighted by atomic mass is 9.99. The molecule has 1 aromatic rings. The molecule has 0 spiro atoms. The number of urea groups is 1. The second-order valence-electron chi connectivity index (χ2n) is 5.44. The van der Waals surface area contributed by atoms with Gasteiger partial charge in [0.15, 0.2) is 0 Å². The van der Waals surface area contributed by atoms with Crippen LogP contribution in [0, 0.1) is 0 Å². The van der Waals surface area contributed by atoms with Crippen molar-refractivity contribution in [1.29, 1.82) is 0 Å². The van der Waals surface area contributed by atoms with Crippen molar-refractivity contribution in [2.45, 2.75) is 44.1 Å². The fourth-order valence-electron chi connectivity index (χ4n) is 2.58. The Morgan fingerprint density at radius 3 is 2.84 bits per heavy atom. The van der Waals surface area contributed by atoms with E-state index >= 15 is 0 Å². The Bertz CT molecular complexity index is 400. The largest absolute Gasteiger partial charge is 0.394 e. The fraction of sp³-hybridized carbons (Fsp3) is 0.643. The molecule has 1 fully saturated rings. The van der Waals surface area contributed by atoms with Crippen molar-refractivity contribution >= 4 is 17.4 Å². The number of rotatable bonds is 5. The number of amides is 2. The summed E-state index contributed by atoms with van der Waals surface area (Å²) >= 11 is 1.67. The SMILES string of the molecule is CC(CNC(=O)NC1(CO)CCCC1)c1ccsc1. The third-order valence-electron chi connectivity index (χ3n) is 3.92. The van der Waals surface area contributed by atoms with Crippen LogP contribution >= 0.6 is 11.3 Å². The molecule has 0 radical (unpaired) electrons. The number of hydrogen-bond donors (Lipinski definition) is 3. The van der Waals surface area contributed by atoms with E-state index in [1.807, 2.05) is 5.38 Å². The van der Waals surface area contributed by atoms with Gasteiger partial charge in [-0.1, -0.05) is 19.8 Å². The Hall–Kier alpha value is -1.07. The molecule has 0 bridgehead atoms. The molecule has 1 aromatic heterocycles. The lowest BCUT2D eigenvalue weighted by Crippen LogP contribution is -2.53. The van der Waals surface area contributed by atoms with Crippen LogP contribution < -0.4 is 10.6 Å². The van der Waals surface area contributed by atoms with Gasteiger partial charge in [0.05, 0.1) is 12.1 Å². The monoisotopic (exact) mass is 282 g/mol. The molecule has 1 saturated carbocycles. The lowest BCUT2D eigenvalue weighted by molar-refractivity contribution is 0.163. The van der Waals surface area contributed by atoms with E-state index in [2.05, 4.69) is 29.0 Å². The molecule has 1 aliphatic rings. The first kappa shape index (κ1) is 14.3. The Morgan fingerprint density at radius 2 is 2.26 bits per heavy atom. The first-order chi connectivity index (χ1) is 9.15. The molecule has 3 N–H and O–H groups in total. The summed E-state index contributed by atoms with van der Waals surface area (Å²) in [4.78, 5) is 11.9. The third-order valence-corrected chi connectivity index (χ3v) is 4.62. The second kappa shape index (κ2) is 6.39. The molecule has 1 aliphatic carbocycles. The van der Waals surface area contributed by atoms with Gasteiger partial charge >= 0.3 is 6.03 Å². The van der Waals surface area contributed by atoms with Crippen molar-refractivity contribution in [3.05, 3.63) is 22.4 Å². The molecular formula is C14H22N2O2S. The van der Waals surface area contributed by atoms with E-state index in [1.54, 1.807) is 11.3 Å². The molecule has 1 atom stereocenters. The quantitative estimate of drug-likeness (QED) is 0.777. The van der Waals surface area contributed by atoms with Crippen LogP contribution in [-0.4, -0.2) is 29.8 Å². The van der Waals surface area contributed by atoms with Gasteiger partial charge in [-0.3, -0.25) is 0 Å². The second-order valence-corrected chi connectivity index (χ2v) is 6.22. The minimum Gasteiger partial charge on any atom is -0.394 e. The number of nitrogens with one attached hydrogen (secondary N) is 2. The highest BCUT2D eigenvalue weighted by molar-refractivity contribution is 7.07. The van der Waals surface area contributed by atoms with Gasteiger partial charge < -0.3 is 15.7 Å². The predicted octanol–water partition coefficient (Wildman–Crippen LogP) is 2.46. The molecule has 2 rings (SSSR count). The van der Waals surface area contributed by atoms with Crippen LogP contribution in [0.5, 0.6) is 0 Å². The van der Waals surface area contributed by atoms with Crippen molar-refractivity contribution in [2.24, 2.45) is 0 Å². The average Bonchev–Trinajstić information content (AvgIpc) is 3.07. The lowest BCUT2D eigenvalue weighted by Gasteiger charge is -2.28. The standard InChI is InChI=1S/C14H22N2O2S/c1-11(12-4-7-19-9-12)8-15-13(18)16-14(10-17)5-2-3-6-14/h4,7,9,11,17H,2-3,5-6,8,10H2,1H3,(H2,15,16,18). The summed E-state index contributed by atoms with van der Waals surface area (Å²) < 4.78 is 0. The molecule has 4 nitrogen and oxygen atoms in total. The van der Waals surface area contributed by atoms with E-state index in [9.17, 15) is 9.90 Å². The van der Waals surface area contributed by atoms with Crippen molar-refractivity contribution in [2.75, 3.05) is 13.2 Å². The van der Waals surface area contributed by atoms with Crippen LogP contribution in [0.25, 0.3) is 0 Å². The van der Waals surface area contributed by atoms with E-state index in [-0.39, 0.29) is 12.6 Å². The summed E-state index contributed by atoms with van der Waals surface area (Å²) in [6.45, 7) is 2.74. The zero-order valence-electron chi connectivity index (χ0n) is 11.3. The van der Waals surface area contributed by atoms with Crippen LogP contribution in [-0.2, 0) is 0 Å². The molecule has 2 amide bonds. The maximum Gasteiger partial charge on any atom is 0.315 e. The van der Waals surface area contributed by atoms with E-state index in [4.69, 9.17) is 0 Å². The molecule has 0 saturated heterocycles. The van der Waals surface area contributed by atoms with Gasteiger partial charge in [0.1, 0.15) is 0 Å². The first-order valence-corrected chi connectivity index (χ1v) is 7.78. The average molecular weight is 282 g/mol. The summed E-state index contributed by atoms with van der Waals surface area (Å²) in [5.74, 6) is 0.311. The molecule has 1 unspecified atom stereocenters. The van der Waals surface area contributed by atoms with Crippen LogP contribution in [0.2, 0.25) is 0 Å². The number of aliphatic hydroxyl groups excluding tert-OH is 1. The van der Waals surface area contributed by atoms with Gasteiger partial charge in [-0.15, -0.1) is 0 Å². The first-order valence-electron chi connectivity index (χ1n) is 6.84. The van der Waals surface area contributed by atoms with Crippen LogP contribution in [0.3, 0.4) is 0 Å². The molecule has 0 aliphatic heterocycles. The van der Waals surface area contributed by atoms with Crippen LogP contribution in [0.1, 0.15) is 44.1 Å². The molecular weight excluding hydrogens is 260 g/mol. The molecule has 1 heterocycles. The normalized spacial score (nSPS) is 19.1. The summed E-state index contributed by atoms with van der Waals surface area (Å²) in [7, 11) is 0. The predicted molar refractivity (Wildman–Crippen MR) is 77.6 cm³/mol. The van der Waals surface area contributed by atoms with E-state index in [0.717, 1.165) is 25.7 Å². The highest BCUT2D eigenvalue weighted by atomic mass is 32.1. The Balaban J connectivity index is 1.78. The number of carbonyl (C=O) groups is 1. The highest BCUT2D eigenvalue weighted by Gasteiger charge is 2.34. The van der Waals surface area contributed by atoms with Gasteiger partial charge in [0.2, 0.25) is 0 Å². The maximum atomic E-state index is 11.9. The third kappa shape index (κ3) is 3.70. The summed E-state index contributed by atoms with van der Waals surface area (Å²) in [6, 6.07) is 1.92. The van der Waals surface area contributed by atoms with Gasteiger partial charge in [-0.2, -0.15) is 11.3 Å². The van der Waals surface area contributed by atoms with Gasteiger partial charge in [-0.05, 0) is 41.1 Å². The van der Waals surface area contributed by atoms with Gasteiger partial charge in [0, 0.05) is 6.54 Å². The fourth-order valence-corrected chi connectivity index (χ4v) is 3.36. The van der Waals surface area contributed by atoms with E-state index in [1.165, 1.54) is 5.56 Å². The van der Waals surface area contributed by atoms with Crippen molar-refractivity contribution in [1.82, 2.24) is 10.6 Å². The maximum absolute atomic E-state index is 11.9. The van der Waals surface area contributed by atoms with Gasteiger partial charge in [0.25, 0.3) is 0 Å². The zero-order chi connectivity index (χ0) is 13.7. The number of hydrogen-bond acceptors (Lipinski definition) is 3. The molecule has 0 aromatic carbocycles. The van der Waals surface area contributed by atoms with Crippen molar-refractivity contribution in [3.63, 3.8) is 0 Å². The minimum atomic E-state index is -0.393. The van der Waals surface area contributed by atoms with E-state index < -0.39 is 5.54 Å². The summed E-state index contributed by atoms with van der Waals surface area (Å²) in [5.41, 5.74) is 0.860. The number of aliphatic hydroxyl groups is 1. The zero-order valence-corrected chi connectivity index (χ0v) is 12.1. The molecule has 19 heavy (non-hydrogen) atoms. The Morgan fingerprint density at radius 1 is 1.53 bits per heavy atom. The van der Waals surface area contributed by atoms with Gasteiger partial charge in [-0.25, -0.2) is 4.79 Å². The molecule has 106 valence electrons. The van der Waals surface area contributed by atoms with Crippen molar-refractivity contribution in [3.8, 4) is 0 Å². The van der Waals surface area contributed by atoms with Crippen LogP contribution in [0.4, 0.5) is 4.79 Å². The Labute approximate surface area is 118 Å². The topological polar surface area (TPSA) is 61.4 Å². The summed E-state index contributed by atoms with van der Waals surface area (Å²) in [6.07, 6.45) is 3.90. The van der Waals surface area contributed by atoms with Crippen LogP contribution in [0.15, 0.2) is 16.8 Å². The number of carbonyl (C=O) groups excluding carboxylic acids is 1. The van der Waals surface area contributed by atoms with Crippen molar-refractivity contribution < 1.29 is 9.90 Å². The Kier molecular flexibility index (Phi) is 4.82. The summed E-state index contributed by atoms with van der Waals surface area (Å²) in [5, 5.41) is 19.5. The molecule has 5 heteroatoms.